The molecule has 0 amide bonds. The summed E-state index contributed by atoms with van der Waals surface area (Å²) >= 11 is 3.47. The molecule has 0 fully saturated rings. The lowest BCUT2D eigenvalue weighted by Gasteiger charge is -2.31. The van der Waals surface area contributed by atoms with Crippen molar-refractivity contribution in [2.75, 3.05) is 6.54 Å². The number of rotatable bonds is 2. The molecule has 0 spiro atoms. The van der Waals surface area contributed by atoms with Crippen LogP contribution in [0.1, 0.15) is 31.9 Å². The van der Waals surface area contributed by atoms with Crippen molar-refractivity contribution in [3.8, 4) is 5.75 Å². The van der Waals surface area contributed by atoms with Gasteiger partial charge in [-0.3, -0.25) is 0 Å². The minimum absolute atomic E-state index is 0.288. The molecule has 1 aromatic rings. The van der Waals surface area contributed by atoms with Crippen LogP contribution in [0.3, 0.4) is 0 Å². The lowest BCUT2D eigenvalue weighted by atomic mass is 9.97. The maximum Gasteiger partial charge on any atom is 0.125 e. The Bertz CT molecular complexity index is 353. The SMILES string of the molecule is CCNC1CC(C)Oc2cc(Br)ccc21. The zero-order valence-corrected chi connectivity index (χ0v) is 10.7. The minimum atomic E-state index is 0.288. The number of nitrogens with one attached hydrogen (secondary N) is 1. The van der Waals surface area contributed by atoms with Crippen molar-refractivity contribution < 1.29 is 4.74 Å². The second-order valence-corrected chi connectivity index (χ2v) is 4.87. The summed E-state index contributed by atoms with van der Waals surface area (Å²) in [6.45, 7) is 5.25. The summed E-state index contributed by atoms with van der Waals surface area (Å²) < 4.78 is 6.89. The monoisotopic (exact) mass is 269 g/mol. The summed E-state index contributed by atoms with van der Waals surface area (Å²) in [5.74, 6) is 1.01. The van der Waals surface area contributed by atoms with Gasteiger partial charge in [0.15, 0.2) is 0 Å². The smallest absolute Gasteiger partial charge is 0.125 e. The van der Waals surface area contributed by atoms with E-state index in [1.807, 2.05) is 0 Å². The predicted octanol–water partition coefficient (Wildman–Crippen LogP) is 3.27. The Balaban J connectivity index is 2.33. The van der Waals surface area contributed by atoms with Gasteiger partial charge in [0.25, 0.3) is 0 Å². The van der Waals surface area contributed by atoms with Crippen LogP contribution < -0.4 is 10.1 Å². The van der Waals surface area contributed by atoms with E-state index in [1.54, 1.807) is 0 Å². The number of benzene rings is 1. The third-order valence-corrected chi connectivity index (χ3v) is 3.19. The van der Waals surface area contributed by atoms with Gasteiger partial charge in [-0.15, -0.1) is 0 Å². The third-order valence-electron chi connectivity index (χ3n) is 2.70. The molecule has 0 bridgehead atoms. The highest BCUT2D eigenvalue weighted by Crippen LogP contribution is 2.36. The highest BCUT2D eigenvalue weighted by molar-refractivity contribution is 9.10. The maximum absolute atomic E-state index is 5.82. The molecule has 1 aromatic carbocycles. The second-order valence-electron chi connectivity index (χ2n) is 3.96. The molecule has 0 saturated heterocycles. The molecule has 0 radical (unpaired) electrons. The van der Waals surface area contributed by atoms with Crippen molar-refractivity contribution in [3.63, 3.8) is 0 Å². The third kappa shape index (κ3) is 2.34. The first kappa shape index (κ1) is 11.0. The molecule has 82 valence electrons. The average molecular weight is 270 g/mol. The summed E-state index contributed by atoms with van der Waals surface area (Å²) in [5, 5.41) is 3.50. The molecular formula is C12H16BrNO. The van der Waals surface area contributed by atoms with Crippen molar-refractivity contribution in [1.29, 1.82) is 0 Å². The molecule has 1 heterocycles. The molecule has 2 rings (SSSR count). The first-order chi connectivity index (χ1) is 7.20. The van der Waals surface area contributed by atoms with E-state index in [-0.39, 0.29) is 6.10 Å². The largest absolute Gasteiger partial charge is 0.490 e. The predicted molar refractivity (Wildman–Crippen MR) is 65.3 cm³/mol. The molecule has 2 nitrogen and oxygen atoms in total. The molecular weight excluding hydrogens is 254 g/mol. The van der Waals surface area contributed by atoms with Gasteiger partial charge in [0, 0.05) is 22.5 Å². The molecule has 0 saturated carbocycles. The lowest BCUT2D eigenvalue weighted by molar-refractivity contribution is 0.167. The van der Waals surface area contributed by atoms with Gasteiger partial charge in [0.1, 0.15) is 5.75 Å². The molecule has 0 aromatic heterocycles. The van der Waals surface area contributed by atoms with Crippen LogP contribution in [0.25, 0.3) is 0 Å². The molecule has 1 aliphatic rings. The summed E-state index contributed by atoms with van der Waals surface area (Å²) in [7, 11) is 0. The van der Waals surface area contributed by atoms with E-state index >= 15 is 0 Å². The van der Waals surface area contributed by atoms with Crippen LogP contribution in [-0.2, 0) is 0 Å². The van der Waals surface area contributed by atoms with Gasteiger partial charge < -0.3 is 10.1 Å². The number of fused-ring (bicyclic) bond motifs is 1. The van der Waals surface area contributed by atoms with E-state index in [9.17, 15) is 0 Å². The van der Waals surface area contributed by atoms with E-state index in [4.69, 9.17) is 4.74 Å². The Hall–Kier alpha value is -0.540. The summed E-state index contributed by atoms with van der Waals surface area (Å²) in [6, 6.07) is 6.69. The molecule has 0 aliphatic carbocycles. The fourth-order valence-electron chi connectivity index (χ4n) is 2.06. The summed E-state index contributed by atoms with van der Waals surface area (Å²) in [6.07, 6.45) is 1.33. The Morgan fingerprint density at radius 2 is 2.33 bits per heavy atom. The van der Waals surface area contributed by atoms with Gasteiger partial charge in [-0.2, -0.15) is 0 Å². The Kier molecular flexibility index (Phi) is 3.32. The van der Waals surface area contributed by atoms with Gasteiger partial charge >= 0.3 is 0 Å². The van der Waals surface area contributed by atoms with E-state index in [0.717, 1.165) is 23.2 Å². The van der Waals surface area contributed by atoms with E-state index in [1.165, 1.54) is 5.56 Å². The van der Waals surface area contributed by atoms with Crippen molar-refractivity contribution in [2.24, 2.45) is 0 Å². The summed E-state index contributed by atoms with van der Waals surface area (Å²) in [5.41, 5.74) is 1.28. The standard InChI is InChI=1S/C12H16BrNO/c1-3-14-11-6-8(2)15-12-7-9(13)4-5-10(11)12/h4-5,7-8,11,14H,3,6H2,1-2H3. The Labute approximate surface area is 99.1 Å². The van der Waals surface area contributed by atoms with Crippen LogP contribution in [0.15, 0.2) is 22.7 Å². The van der Waals surface area contributed by atoms with Crippen molar-refractivity contribution in [3.05, 3.63) is 28.2 Å². The van der Waals surface area contributed by atoms with Crippen molar-refractivity contribution >= 4 is 15.9 Å². The van der Waals surface area contributed by atoms with Crippen LogP contribution in [-0.4, -0.2) is 12.6 Å². The summed E-state index contributed by atoms with van der Waals surface area (Å²) in [4.78, 5) is 0. The van der Waals surface area contributed by atoms with Crippen LogP contribution in [0.2, 0.25) is 0 Å². The fraction of sp³-hybridized carbons (Fsp3) is 0.500. The van der Waals surface area contributed by atoms with Crippen LogP contribution in [0.4, 0.5) is 0 Å². The fourth-order valence-corrected chi connectivity index (χ4v) is 2.40. The Morgan fingerprint density at radius 3 is 3.07 bits per heavy atom. The number of halogens is 1. The van der Waals surface area contributed by atoms with Crippen molar-refractivity contribution in [2.45, 2.75) is 32.4 Å². The Morgan fingerprint density at radius 1 is 1.53 bits per heavy atom. The number of hydrogen-bond donors (Lipinski definition) is 1. The molecule has 3 heteroatoms. The average Bonchev–Trinajstić information content (AvgIpc) is 2.17. The molecule has 2 atom stereocenters. The van der Waals surface area contributed by atoms with E-state index in [2.05, 4.69) is 53.3 Å². The second kappa shape index (κ2) is 4.54. The lowest BCUT2D eigenvalue weighted by Crippen LogP contribution is -2.31. The highest BCUT2D eigenvalue weighted by atomic mass is 79.9. The van der Waals surface area contributed by atoms with Gasteiger partial charge in [-0.25, -0.2) is 0 Å². The zero-order valence-electron chi connectivity index (χ0n) is 9.09. The van der Waals surface area contributed by atoms with Crippen molar-refractivity contribution in [1.82, 2.24) is 5.32 Å². The maximum atomic E-state index is 5.82. The zero-order chi connectivity index (χ0) is 10.8. The number of ether oxygens (including phenoxy) is 1. The van der Waals surface area contributed by atoms with Gasteiger partial charge in [0.05, 0.1) is 6.10 Å². The van der Waals surface area contributed by atoms with Gasteiger partial charge in [-0.05, 0) is 25.6 Å². The normalized spacial score (nSPS) is 24.5. The van der Waals surface area contributed by atoms with E-state index in [0.29, 0.717) is 6.04 Å². The van der Waals surface area contributed by atoms with Gasteiger partial charge in [-0.1, -0.05) is 28.9 Å². The molecule has 15 heavy (non-hydrogen) atoms. The minimum Gasteiger partial charge on any atom is -0.490 e. The molecule has 2 unspecified atom stereocenters. The van der Waals surface area contributed by atoms with E-state index < -0.39 is 0 Å². The van der Waals surface area contributed by atoms with Crippen LogP contribution in [0.5, 0.6) is 5.75 Å². The molecule has 1 N–H and O–H groups in total. The quantitative estimate of drug-likeness (QED) is 0.890. The first-order valence-corrected chi connectivity index (χ1v) is 6.19. The highest BCUT2D eigenvalue weighted by Gasteiger charge is 2.24. The topological polar surface area (TPSA) is 21.3 Å². The first-order valence-electron chi connectivity index (χ1n) is 5.40. The van der Waals surface area contributed by atoms with Crippen LogP contribution in [0, 0.1) is 0 Å². The van der Waals surface area contributed by atoms with Crippen LogP contribution >= 0.6 is 15.9 Å². The molecule has 1 aliphatic heterocycles. The number of hydrogen-bond acceptors (Lipinski definition) is 2. The van der Waals surface area contributed by atoms with Gasteiger partial charge in [0.2, 0.25) is 0 Å².